The van der Waals surface area contributed by atoms with E-state index in [4.69, 9.17) is 0 Å². The van der Waals surface area contributed by atoms with Gasteiger partial charge in [-0.1, -0.05) is 0 Å². The van der Waals surface area contributed by atoms with Gasteiger partial charge in [0.1, 0.15) is 0 Å². The summed E-state index contributed by atoms with van der Waals surface area (Å²) in [5, 5.41) is 0. The number of rotatable bonds is 4. The molecule has 11 heavy (non-hydrogen) atoms. The molecule has 0 aliphatic heterocycles. The van der Waals surface area contributed by atoms with Gasteiger partial charge < -0.3 is 0 Å². The lowest BCUT2D eigenvalue weighted by Crippen LogP contribution is -1.86. The van der Waals surface area contributed by atoms with Crippen LogP contribution >= 0.6 is 11.9 Å². The lowest BCUT2D eigenvalue weighted by molar-refractivity contribution is 1.13. The van der Waals surface area contributed by atoms with E-state index in [0.29, 0.717) is 0 Å². The maximum atomic E-state index is 4.44. The summed E-state index contributed by atoms with van der Waals surface area (Å²) in [5.41, 5.74) is 1.28. The molecule has 0 spiro atoms. The summed E-state index contributed by atoms with van der Waals surface area (Å²) < 4.78 is 3.54. The zero-order valence-electron chi connectivity index (χ0n) is 5.93. The molecule has 1 aromatic heterocycles. The molecule has 0 N–H and O–H groups in total. The van der Waals surface area contributed by atoms with Crippen molar-refractivity contribution < 1.29 is 0 Å². The molecule has 4 heteroatoms. The fourth-order valence-corrected chi connectivity index (χ4v) is 1.38. The molecule has 0 saturated carbocycles. The number of aryl methyl sites for hydroxylation is 1. The van der Waals surface area contributed by atoms with E-state index in [2.05, 4.69) is 21.2 Å². The molecular weight excluding hydrogens is 176 g/mol. The molecule has 0 unspecified atom stereocenters. The molecule has 0 aliphatic rings. The van der Waals surface area contributed by atoms with Crippen molar-refractivity contribution in [2.45, 2.75) is 6.42 Å². The van der Waals surface area contributed by atoms with E-state index < -0.39 is 0 Å². The van der Waals surface area contributed by atoms with E-state index in [9.17, 15) is 0 Å². The fraction of sp³-hybridized carbons (Fsp3) is 0.286. The normalized spacial score (nSPS) is 9.45. The number of nitrogens with zero attached hydrogens (tertiary/aromatic N) is 2. The summed E-state index contributed by atoms with van der Waals surface area (Å²) in [6.07, 6.45) is 4.60. The molecule has 0 fully saturated rings. The van der Waals surface area contributed by atoms with Crippen LogP contribution in [0.4, 0.5) is 0 Å². The summed E-state index contributed by atoms with van der Waals surface area (Å²) in [7, 11) is 0. The summed E-state index contributed by atoms with van der Waals surface area (Å²) in [4.78, 5) is 3.92. The summed E-state index contributed by atoms with van der Waals surface area (Å²) >= 11 is 5.87. The molecule has 58 valence electrons. The van der Waals surface area contributed by atoms with Crippen LogP contribution in [0.25, 0.3) is 0 Å². The van der Waals surface area contributed by atoms with Crippen molar-refractivity contribution in [1.29, 1.82) is 0 Å². The van der Waals surface area contributed by atoms with Crippen LogP contribution in [0, 0.1) is 0 Å². The Balaban J connectivity index is 2.33. The summed E-state index contributed by atoms with van der Waals surface area (Å²) in [6.45, 7) is 0. The standard InChI is InChI=1S/C7H8N2S2/c10-9-11-6-3-7-1-4-8-5-2-7/h1-2,4-5H,3,6H2. The predicted molar refractivity (Wildman–Crippen MR) is 50.2 cm³/mol. The number of pyridine rings is 1. The zero-order valence-corrected chi connectivity index (χ0v) is 7.57. The highest BCUT2D eigenvalue weighted by Gasteiger charge is 1.90. The van der Waals surface area contributed by atoms with Crippen molar-refractivity contribution in [2.24, 2.45) is 3.77 Å². The number of hydrogen-bond acceptors (Lipinski definition) is 4. The first-order chi connectivity index (χ1) is 5.43. The van der Waals surface area contributed by atoms with Crippen LogP contribution in [0.1, 0.15) is 5.56 Å². The maximum Gasteiger partial charge on any atom is 0.0495 e. The maximum absolute atomic E-state index is 4.44. The Labute approximate surface area is 75.7 Å². The van der Waals surface area contributed by atoms with Crippen molar-refractivity contribution in [2.75, 3.05) is 5.75 Å². The largest absolute Gasteiger partial charge is 0.265 e. The predicted octanol–water partition coefficient (Wildman–Crippen LogP) is 2.00. The molecule has 1 heterocycles. The Morgan fingerprint density at radius 1 is 1.45 bits per heavy atom. The molecule has 1 rings (SSSR count). The van der Waals surface area contributed by atoms with Crippen LogP contribution < -0.4 is 0 Å². The highest BCUT2D eigenvalue weighted by molar-refractivity contribution is 8.00. The average molecular weight is 184 g/mol. The molecule has 0 radical (unpaired) electrons. The van der Waals surface area contributed by atoms with Crippen LogP contribution in [-0.4, -0.2) is 10.7 Å². The molecule has 0 aromatic carbocycles. The first-order valence-electron chi connectivity index (χ1n) is 3.27. The minimum atomic E-state index is 0.952. The van der Waals surface area contributed by atoms with Crippen molar-refractivity contribution in [3.05, 3.63) is 30.1 Å². The van der Waals surface area contributed by atoms with Crippen LogP contribution in [0.2, 0.25) is 0 Å². The Morgan fingerprint density at radius 2 is 2.18 bits per heavy atom. The molecule has 2 nitrogen and oxygen atoms in total. The van der Waals surface area contributed by atoms with Crippen LogP contribution in [0.3, 0.4) is 0 Å². The van der Waals surface area contributed by atoms with E-state index in [0.717, 1.165) is 12.2 Å². The minimum absolute atomic E-state index is 0.952. The van der Waals surface area contributed by atoms with Crippen LogP contribution in [0.15, 0.2) is 28.3 Å². The zero-order chi connectivity index (χ0) is 7.94. The van der Waals surface area contributed by atoms with Gasteiger partial charge in [-0.3, -0.25) is 4.98 Å². The SMILES string of the molecule is S=NSCCc1ccncc1. The highest BCUT2D eigenvalue weighted by Crippen LogP contribution is 2.05. The van der Waals surface area contributed by atoms with Gasteiger partial charge in [-0.25, -0.2) is 0 Å². The number of aromatic nitrogens is 1. The quantitative estimate of drug-likeness (QED) is 0.528. The molecule has 0 bridgehead atoms. The Hall–Kier alpha value is -0.480. The topological polar surface area (TPSA) is 25.2 Å². The lowest BCUT2D eigenvalue weighted by Gasteiger charge is -1.95. The van der Waals surface area contributed by atoms with Gasteiger partial charge in [0.2, 0.25) is 0 Å². The summed E-state index contributed by atoms with van der Waals surface area (Å²) in [6, 6.07) is 4.01. The molecule has 0 amide bonds. The van der Waals surface area contributed by atoms with E-state index >= 15 is 0 Å². The van der Waals surface area contributed by atoms with Gasteiger partial charge >= 0.3 is 0 Å². The van der Waals surface area contributed by atoms with Crippen molar-refractivity contribution >= 4 is 24.4 Å². The molecule has 0 aliphatic carbocycles. The summed E-state index contributed by atoms with van der Waals surface area (Å²) in [5.74, 6) is 0.952. The van der Waals surface area contributed by atoms with Gasteiger partial charge in [-0.15, -0.1) is 3.77 Å². The van der Waals surface area contributed by atoms with E-state index in [1.807, 2.05) is 12.1 Å². The Bertz CT molecular complexity index is 213. The van der Waals surface area contributed by atoms with Gasteiger partial charge in [0, 0.05) is 30.6 Å². The van der Waals surface area contributed by atoms with Crippen LogP contribution in [-0.2, 0) is 18.8 Å². The first-order valence-corrected chi connectivity index (χ1v) is 4.58. The molecule has 0 atom stereocenters. The third-order valence-corrected chi connectivity index (χ3v) is 2.09. The molecule has 0 saturated heterocycles. The molecular formula is C7H8N2S2. The van der Waals surface area contributed by atoms with Crippen molar-refractivity contribution in [3.8, 4) is 0 Å². The highest BCUT2D eigenvalue weighted by atomic mass is 32.2. The Kier molecular flexibility index (Phi) is 4.08. The smallest absolute Gasteiger partial charge is 0.0495 e. The van der Waals surface area contributed by atoms with Crippen LogP contribution in [0.5, 0.6) is 0 Å². The second kappa shape index (κ2) is 5.21. The minimum Gasteiger partial charge on any atom is -0.265 e. The van der Waals surface area contributed by atoms with Crippen molar-refractivity contribution in [3.63, 3.8) is 0 Å². The molecule has 1 aromatic rings. The first kappa shape index (κ1) is 8.62. The van der Waals surface area contributed by atoms with E-state index in [1.165, 1.54) is 17.5 Å². The fourth-order valence-electron chi connectivity index (χ4n) is 0.750. The van der Waals surface area contributed by atoms with Crippen molar-refractivity contribution in [1.82, 2.24) is 4.98 Å². The third-order valence-electron chi connectivity index (χ3n) is 1.28. The third kappa shape index (κ3) is 3.43. The number of hydrogen-bond donors (Lipinski definition) is 0. The van der Waals surface area contributed by atoms with Gasteiger partial charge in [-0.2, -0.15) is 0 Å². The van der Waals surface area contributed by atoms with Gasteiger partial charge in [0.05, 0.1) is 0 Å². The van der Waals surface area contributed by atoms with Gasteiger partial charge in [-0.05, 0) is 36.1 Å². The van der Waals surface area contributed by atoms with Gasteiger partial charge in [0.25, 0.3) is 0 Å². The van der Waals surface area contributed by atoms with Gasteiger partial charge in [0.15, 0.2) is 0 Å². The van der Waals surface area contributed by atoms with E-state index in [-0.39, 0.29) is 0 Å². The lowest BCUT2D eigenvalue weighted by atomic mass is 10.2. The van der Waals surface area contributed by atoms with E-state index in [1.54, 1.807) is 12.4 Å². The Morgan fingerprint density at radius 3 is 2.82 bits per heavy atom. The average Bonchev–Trinajstić information content (AvgIpc) is 2.07. The monoisotopic (exact) mass is 184 g/mol. The second-order valence-corrected chi connectivity index (χ2v) is 3.28. The second-order valence-electron chi connectivity index (χ2n) is 2.01.